The maximum atomic E-state index is 11.9. The molecule has 0 spiro atoms. The zero-order valence-corrected chi connectivity index (χ0v) is 20.0. The van der Waals surface area contributed by atoms with Gasteiger partial charge in [0.25, 0.3) is 0 Å². The minimum absolute atomic E-state index is 0.0418. The Hall–Kier alpha value is -3.00. The second-order valence-corrected chi connectivity index (χ2v) is 9.36. The van der Waals surface area contributed by atoms with Crippen molar-refractivity contribution in [1.29, 1.82) is 0 Å². The van der Waals surface area contributed by atoms with Gasteiger partial charge < -0.3 is 19.4 Å². The van der Waals surface area contributed by atoms with Gasteiger partial charge in [0, 0.05) is 30.5 Å². The summed E-state index contributed by atoms with van der Waals surface area (Å²) in [5.41, 5.74) is 3.58. The van der Waals surface area contributed by atoms with Crippen LogP contribution in [0.2, 0.25) is 0 Å². The van der Waals surface area contributed by atoms with E-state index in [1.54, 1.807) is 0 Å². The van der Waals surface area contributed by atoms with E-state index in [9.17, 15) is 4.79 Å². The number of piperidine rings is 1. The van der Waals surface area contributed by atoms with E-state index in [1.165, 1.54) is 0 Å². The third-order valence-corrected chi connectivity index (χ3v) is 6.95. The molecule has 8 heteroatoms. The summed E-state index contributed by atoms with van der Waals surface area (Å²) in [4.78, 5) is 31.4. The molecule has 1 N–H and O–H groups in total. The van der Waals surface area contributed by atoms with Crippen molar-refractivity contribution < 1.29 is 14.3 Å². The fraction of sp³-hybridized carbons (Fsp3) is 0.538. The van der Waals surface area contributed by atoms with Crippen LogP contribution in [-0.2, 0) is 14.3 Å². The Labute approximate surface area is 200 Å². The van der Waals surface area contributed by atoms with E-state index in [-0.39, 0.29) is 24.1 Å². The summed E-state index contributed by atoms with van der Waals surface area (Å²) in [7, 11) is 0. The lowest BCUT2D eigenvalue weighted by Crippen LogP contribution is -2.39. The number of H-pyrrole nitrogens is 1. The van der Waals surface area contributed by atoms with Gasteiger partial charge in [-0.25, -0.2) is 15.0 Å². The SMILES string of the molecule is CCOC(=O)[C@H]1CC[C@H](OC2CCN(c3ccc(-c4nc5ccc(C)nc5[nH]4)cn3)CC2)CC1. The van der Waals surface area contributed by atoms with Crippen LogP contribution in [0.1, 0.15) is 51.1 Å². The van der Waals surface area contributed by atoms with Crippen LogP contribution in [0.5, 0.6) is 0 Å². The molecule has 3 aromatic heterocycles. The minimum atomic E-state index is -0.0418. The lowest BCUT2D eigenvalue weighted by atomic mass is 9.87. The Bertz CT molecular complexity index is 1110. The van der Waals surface area contributed by atoms with Crippen LogP contribution < -0.4 is 4.90 Å². The first kappa shape index (κ1) is 22.8. The maximum Gasteiger partial charge on any atom is 0.308 e. The van der Waals surface area contributed by atoms with Crippen molar-refractivity contribution in [3.05, 3.63) is 36.2 Å². The molecular formula is C26H33N5O3. The van der Waals surface area contributed by atoms with Crippen molar-refractivity contribution in [3.8, 4) is 11.4 Å². The average Bonchev–Trinajstić information content (AvgIpc) is 3.28. The standard InChI is InChI=1S/C26H33N5O3/c1-3-33-26(32)18-5-8-20(9-6-18)34-21-12-14-31(15-13-21)23-11-7-19(16-27-23)24-29-22-10-4-17(2)28-25(22)30-24/h4,7,10-11,16,18,20-21H,3,5-6,8-9,12-15H2,1-2H3,(H,28,29,30)/t18-,20-. The second kappa shape index (κ2) is 10.1. The predicted octanol–water partition coefficient (Wildman–Crippen LogP) is 4.44. The quantitative estimate of drug-likeness (QED) is 0.540. The largest absolute Gasteiger partial charge is 0.466 e. The monoisotopic (exact) mass is 463 g/mol. The van der Waals surface area contributed by atoms with Gasteiger partial charge in [-0.3, -0.25) is 4.79 Å². The van der Waals surface area contributed by atoms with Gasteiger partial charge in [0.1, 0.15) is 17.2 Å². The van der Waals surface area contributed by atoms with Crippen molar-refractivity contribution in [2.75, 3.05) is 24.6 Å². The van der Waals surface area contributed by atoms with Crippen LogP contribution in [0.15, 0.2) is 30.5 Å². The molecule has 180 valence electrons. The van der Waals surface area contributed by atoms with Gasteiger partial charge in [0.2, 0.25) is 0 Å². The number of hydrogen-bond acceptors (Lipinski definition) is 7. The number of aryl methyl sites for hydroxylation is 1. The highest BCUT2D eigenvalue weighted by Gasteiger charge is 2.30. The molecule has 1 saturated carbocycles. The number of imidazole rings is 1. The highest BCUT2D eigenvalue weighted by molar-refractivity contribution is 5.76. The number of nitrogens with zero attached hydrogens (tertiary/aromatic N) is 4. The lowest BCUT2D eigenvalue weighted by molar-refractivity contribution is -0.150. The highest BCUT2D eigenvalue weighted by Crippen LogP contribution is 2.30. The van der Waals surface area contributed by atoms with Gasteiger partial charge in [0.05, 0.1) is 24.7 Å². The van der Waals surface area contributed by atoms with E-state index in [1.807, 2.05) is 32.2 Å². The molecule has 0 unspecified atom stereocenters. The molecule has 1 aliphatic heterocycles. The first-order valence-electron chi connectivity index (χ1n) is 12.5. The van der Waals surface area contributed by atoms with Crippen molar-refractivity contribution in [2.24, 2.45) is 5.92 Å². The number of ether oxygens (including phenoxy) is 2. The Morgan fingerprint density at radius 1 is 1.03 bits per heavy atom. The number of aromatic nitrogens is 4. The number of pyridine rings is 2. The maximum absolute atomic E-state index is 11.9. The van der Waals surface area contributed by atoms with E-state index in [2.05, 4.69) is 32.0 Å². The Kier molecular flexibility index (Phi) is 6.76. The molecule has 0 aromatic carbocycles. The molecular weight excluding hydrogens is 430 g/mol. The van der Waals surface area contributed by atoms with Gasteiger partial charge >= 0.3 is 5.97 Å². The first-order valence-corrected chi connectivity index (χ1v) is 12.5. The summed E-state index contributed by atoms with van der Waals surface area (Å²) in [6, 6.07) is 8.09. The van der Waals surface area contributed by atoms with Gasteiger partial charge in [-0.2, -0.15) is 0 Å². The summed E-state index contributed by atoms with van der Waals surface area (Å²) in [6.07, 6.45) is 8.07. The number of nitrogens with one attached hydrogen (secondary N) is 1. The number of hydrogen-bond donors (Lipinski definition) is 1. The molecule has 2 fully saturated rings. The molecule has 0 amide bonds. The average molecular weight is 464 g/mol. The molecule has 4 heterocycles. The number of esters is 1. The zero-order chi connectivity index (χ0) is 23.5. The fourth-order valence-corrected chi connectivity index (χ4v) is 5.03. The highest BCUT2D eigenvalue weighted by atomic mass is 16.5. The van der Waals surface area contributed by atoms with Gasteiger partial charge in [-0.05, 0) is 76.6 Å². The van der Waals surface area contributed by atoms with Crippen molar-refractivity contribution in [2.45, 2.75) is 64.6 Å². The van der Waals surface area contributed by atoms with Gasteiger partial charge in [-0.1, -0.05) is 0 Å². The van der Waals surface area contributed by atoms with Crippen LogP contribution >= 0.6 is 0 Å². The van der Waals surface area contributed by atoms with Crippen LogP contribution in [-0.4, -0.2) is 57.8 Å². The number of aromatic amines is 1. The Morgan fingerprint density at radius 2 is 1.79 bits per heavy atom. The predicted molar refractivity (Wildman–Crippen MR) is 131 cm³/mol. The number of carbonyl (C=O) groups is 1. The lowest BCUT2D eigenvalue weighted by Gasteiger charge is -2.36. The third-order valence-electron chi connectivity index (χ3n) is 6.95. The Morgan fingerprint density at radius 3 is 2.50 bits per heavy atom. The molecule has 0 atom stereocenters. The molecule has 8 nitrogen and oxygen atoms in total. The van der Waals surface area contributed by atoms with Crippen LogP contribution in [0.3, 0.4) is 0 Å². The molecule has 0 radical (unpaired) electrons. The summed E-state index contributed by atoms with van der Waals surface area (Å²) < 4.78 is 11.6. The van der Waals surface area contributed by atoms with Crippen LogP contribution in [0, 0.1) is 12.8 Å². The summed E-state index contributed by atoms with van der Waals surface area (Å²) in [5.74, 6) is 1.79. The molecule has 34 heavy (non-hydrogen) atoms. The third kappa shape index (κ3) is 5.06. The number of fused-ring (bicyclic) bond motifs is 1. The molecule has 2 aliphatic rings. The summed E-state index contributed by atoms with van der Waals surface area (Å²) in [6.45, 7) is 6.16. The zero-order valence-electron chi connectivity index (χ0n) is 20.0. The smallest absolute Gasteiger partial charge is 0.308 e. The van der Waals surface area contributed by atoms with Crippen LogP contribution in [0.4, 0.5) is 5.82 Å². The summed E-state index contributed by atoms with van der Waals surface area (Å²) >= 11 is 0. The van der Waals surface area contributed by atoms with Gasteiger partial charge in [-0.15, -0.1) is 0 Å². The first-order chi connectivity index (χ1) is 16.6. The van der Waals surface area contributed by atoms with Crippen LogP contribution in [0.25, 0.3) is 22.6 Å². The van der Waals surface area contributed by atoms with Gasteiger partial charge in [0.15, 0.2) is 5.65 Å². The molecule has 1 aliphatic carbocycles. The topological polar surface area (TPSA) is 93.2 Å². The molecule has 3 aromatic rings. The molecule has 5 rings (SSSR count). The van der Waals surface area contributed by atoms with E-state index < -0.39 is 0 Å². The van der Waals surface area contributed by atoms with E-state index in [4.69, 9.17) is 14.5 Å². The van der Waals surface area contributed by atoms with Crippen molar-refractivity contribution in [3.63, 3.8) is 0 Å². The van der Waals surface area contributed by atoms with E-state index in [0.29, 0.717) is 6.61 Å². The number of carbonyl (C=O) groups excluding carboxylic acids is 1. The Balaban J connectivity index is 1.11. The summed E-state index contributed by atoms with van der Waals surface area (Å²) in [5, 5.41) is 0. The second-order valence-electron chi connectivity index (χ2n) is 9.36. The normalized spacial score (nSPS) is 21.6. The minimum Gasteiger partial charge on any atom is -0.466 e. The number of rotatable bonds is 6. The van der Waals surface area contributed by atoms with Crippen molar-refractivity contribution >= 4 is 23.0 Å². The van der Waals surface area contributed by atoms with E-state index >= 15 is 0 Å². The van der Waals surface area contributed by atoms with E-state index in [0.717, 1.165) is 85.7 Å². The van der Waals surface area contributed by atoms with Crippen molar-refractivity contribution in [1.82, 2.24) is 19.9 Å². The molecule has 1 saturated heterocycles. The fourth-order valence-electron chi connectivity index (χ4n) is 5.03. The molecule has 0 bridgehead atoms. The number of anilines is 1.